The predicted molar refractivity (Wildman–Crippen MR) is 58.0 cm³/mol. The Kier molecular flexibility index (Phi) is 3.72. The molecule has 1 aromatic carbocycles. The van der Waals surface area contributed by atoms with Crippen LogP contribution in [0.5, 0.6) is 5.75 Å². The Hall–Kier alpha value is -1.16. The van der Waals surface area contributed by atoms with Gasteiger partial charge in [0, 0.05) is 12.5 Å². The van der Waals surface area contributed by atoms with E-state index >= 15 is 0 Å². The number of hydrogen-bond acceptors (Lipinski definition) is 2. The number of ether oxygens (including phenoxy) is 1. The summed E-state index contributed by atoms with van der Waals surface area (Å²) < 4.78 is 29.4. The van der Waals surface area contributed by atoms with E-state index in [0.29, 0.717) is 13.2 Å². The van der Waals surface area contributed by atoms with Crippen molar-refractivity contribution in [2.75, 3.05) is 19.7 Å². The molecule has 16 heavy (non-hydrogen) atoms. The molecule has 2 rings (SSSR count). The van der Waals surface area contributed by atoms with Gasteiger partial charge in [0.25, 0.3) is 6.43 Å². The topological polar surface area (TPSA) is 21.3 Å². The molecule has 0 saturated heterocycles. The molecule has 1 aliphatic rings. The summed E-state index contributed by atoms with van der Waals surface area (Å²) >= 11 is 0. The fraction of sp³-hybridized carbons (Fsp3) is 0.500. The highest BCUT2D eigenvalue weighted by Gasteiger charge is 2.19. The number of alkyl halides is 2. The normalized spacial score (nSPS) is 19.3. The fourth-order valence-electron chi connectivity index (χ4n) is 1.92. The van der Waals surface area contributed by atoms with E-state index in [9.17, 15) is 8.78 Å². The van der Waals surface area contributed by atoms with Crippen LogP contribution < -0.4 is 10.1 Å². The summed E-state index contributed by atoms with van der Waals surface area (Å²) in [5.41, 5.74) is 1.16. The number of rotatable bonds is 4. The van der Waals surface area contributed by atoms with E-state index in [1.807, 2.05) is 24.3 Å². The second-order valence-corrected chi connectivity index (χ2v) is 4.04. The maximum atomic E-state index is 11.9. The van der Waals surface area contributed by atoms with Gasteiger partial charge in [0.2, 0.25) is 0 Å². The molecule has 0 radical (unpaired) electrons. The third-order valence-electron chi connectivity index (χ3n) is 2.69. The first kappa shape index (κ1) is 11.3. The third kappa shape index (κ3) is 2.92. The number of para-hydroxylation sites is 1. The van der Waals surface area contributed by atoms with Crippen molar-refractivity contribution in [2.24, 2.45) is 5.92 Å². The zero-order valence-corrected chi connectivity index (χ0v) is 8.96. The van der Waals surface area contributed by atoms with Crippen molar-refractivity contribution >= 4 is 0 Å². The largest absolute Gasteiger partial charge is 0.493 e. The van der Waals surface area contributed by atoms with Crippen LogP contribution in [0.15, 0.2) is 24.3 Å². The predicted octanol–water partition coefficient (Wildman–Crippen LogP) is 2.09. The highest BCUT2D eigenvalue weighted by Crippen LogP contribution is 2.26. The summed E-state index contributed by atoms with van der Waals surface area (Å²) in [4.78, 5) is 0. The average molecular weight is 227 g/mol. The third-order valence-corrected chi connectivity index (χ3v) is 2.69. The minimum absolute atomic E-state index is 0.238. The minimum Gasteiger partial charge on any atom is -0.493 e. The van der Waals surface area contributed by atoms with Crippen molar-refractivity contribution in [1.82, 2.24) is 5.32 Å². The molecule has 0 spiro atoms. The van der Waals surface area contributed by atoms with Crippen molar-refractivity contribution in [3.8, 4) is 5.75 Å². The van der Waals surface area contributed by atoms with Gasteiger partial charge in [-0.3, -0.25) is 0 Å². The molecule has 1 aromatic rings. The van der Waals surface area contributed by atoms with E-state index in [4.69, 9.17) is 4.74 Å². The Morgan fingerprint density at radius 1 is 1.38 bits per heavy atom. The molecule has 0 fully saturated rings. The Morgan fingerprint density at radius 2 is 2.19 bits per heavy atom. The lowest BCUT2D eigenvalue weighted by atomic mass is 9.97. The van der Waals surface area contributed by atoms with Crippen LogP contribution in [0.4, 0.5) is 8.78 Å². The Morgan fingerprint density at radius 3 is 3.00 bits per heavy atom. The van der Waals surface area contributed by atoms with Gasteiger partial charge >= 0.3 is 0 Å². The van der Waals surface area contributed by atoms with Crippen LogP contribution in [0.25, 0.3) is 0 Å². The molecule has 0 saturated carbocycles. The molecule has 1 unspecified atom stereocenters. The molecule has 0 bridgehead atoms. The van der Waals surface area contributed by atoms with Gasteiger partial charge in [-0.1, -0.05) is 18.2 Å². The van der Waals surface area contributed by atoms with Gasteiger partial charge in [0.05, 0.1) is 13.2 Å². The molecule has 1 atom stereocenters. The number of nitrogens with one attached hydrogen (secondary N) is 1. The van der Waals surface area contributed by atoms with Crippen LogP contribution in [-0.2, 0) is 6.42 Å². The minimum atomic E-state index is -2.28. The van der Waals surface area contributed by atoms with Crippen molar-refractivity contribution in [2.45, 2.75) is 12.8 Å². The van der Waals surface area contributed by atoms with Crippen LogP contribution in [0.3, 0.4) is 0 Å². The van der Waals surface area contributed by atoms with Crippen LogP contribution in [-0.4, -0.2) is 26.1 Å². The van der Waals surface area contributed by atoms with Crippen molar-refractivity contribution < 1.29 is 13.5 Å². The van der Waals surface area contributed by atoms with E-state index in [2.05, 4.69) is 5.32 Å². The summed E-state index contributed by atoms with van der Waals surface area (Å²) in [5, 5.41) is 2.76. The number of benzene rings is 1. The highest BCUT2D eigenvalue weighted by molar-refractivity contribution is 5.35. The quantitative estimate of drug-likeness (QED) is 0.850. The molecule has 2 nitrogen and oxygen atoms in total. The van der Waals surface area contributed by atoms with E-state index in [1.54, 1.807) is 0 Å². The zero-order chi connectivity index (χ0) is 11.4. The Labute approximate surface area is 93.6 Å². The maximum Gasteiger partial charge on any atom is 0.250 e. The van der Waals surface area contributed by atoms with Gasteiger partial charge in [-0.15, -0.1) is 0 Å². The van der Waals surface area contributed by atoms with Crippen molar-refractivity contribution in [3.05, 3.63) is 29.8 Å². The first-order chi connectivity index (χ1) is 7.75. The standard InChI is InChI=1S/C12H15F2NO/c13-12(14)7-15-6-9-5-10-3-1-2-4-11(10)16-8-9/h1-4,9,12,15H,5-8H2. The van der Waals surface area contributed by atoms with Crippen LogP contribution in [0.1, 0.15) is 5.56 Å². The van der Waals surface area contributed by atoms with E-state index in [-0.39, 0.29) is 12.5 Å². The Bertz CT molecular complexity index is 344. The van der Waals surface area contributed by atoms with E-state index in [0.717, 1.165) is 17.7 Å². The van der Waals surface area contributed by atoms with Crippen LogP contribution >= 0.6 is 0 Å². The highest BCUT2D eigenvalue weighted by atomic mass is 19.3. The Balaban J connectivity index is 1.83. The first-order valence-corrected chi connectivity index (χ1v) is 5.45. The van der Waals surface area contributed by atoms with E-state index in [1.165, 1.54) is 0 Å². The van der Waals surface area contributed by atoms with Gasteiger partial charge in [-0.2, -0.15) is 0 Å². The second kappa shape index (κ2) is 5.25. The summed E-state index contributed by atoms with van der Waals surface area (Å²) in [7, 11) is 0. The monoisotopic (exact) mass is 227 g/mol. The molecular formula is C12H15F2NO. The van der Waals surface area contributed by atoms with Crippen molar-refractivity contribution in [1.29, 1.82) is 0 Å². The molecule has 0 amide bonds. The molecule has 0 aliphatic carbocycles. The van der Waals surface area contributed by atoms with Crippen LogP contribution in [0.2, 0.25) is 0 Å². The molecule has 1 aliphatic heterocycles. The smallest absolute Gasteiger partial charge is 0.250 e. The number of hydrogen-bond donors (Lipinski definition) is 1. The summed E-state index contributed by atoms with van der Waals surface area (Å²) in [6.07, 6.45) is -1.39. The summed E-state index contributed by atoms with van der Waals surface area (Å²) in [6, 6.07) is 7.87. The average Bonchev–Trinajstić information content (AvgIpc) is 2.28. The molecule has 1 heterocycles. The molecule has 4 heteroatoms. The first-order valence-electron chi connectivity index (χ1n) is 5.45. The molecule has 1 N–H and O–H groups in total. The van der Waals surface area contributed by atoms with Crippen molar-refractivity contribution in [3.63, 3.8) is 0 Å². The molecular weight excluding hydrogens is 212 g/mol. The van der Waals surface area contributed by atoms with Gasteiger partial charge in [-0.25, -0.2) is 8.78 Å². The second-order valence-electron chi connectivity index (χ2n) is 4.04. The molecule has 88 valence electrons. The number of fused-ring (bicyclic) bond motifs is 1. The van der Waals surface area contributed by atoms with E-state index < -0.39 is 6.43 Å². The summed E-state index contributed by atoms with van der Waals surface area (Å²) in [6.45, 7) is 0.948. The maximum absolute atomic E-state index is 11.9. The summed E-state index contributed by atoms with van der Waals surface area (Å²) in [5.74, 6) is 1.21. The van der Waals surface area contributed by atoms with Crippen LogP contribution in [0, 0.1) is 5.92 Å². The van der Waals surface area contributed by atoms with Gasteiger partial charge in [-0.05, 0) is 18.1 Å². The number of halogens is 2. The SMILES string of the molecule is FC(F)CNCC1COc2ccccc2C1. The fourth-order valence-corrected chi connectivity index (χ4v) is 1.92. The lowest BCUT2D eigenvalue weighted by Gasteiger charge is -2.25. The zero-order valence-electron chi connectivity index (χ0n) is 8.96. The van der Waals surface area contributed by atoms with Gasteiger partial charge < -0.3 is 10.1 Å². The lowest BCUT2D eigenvalue weighted by Crippen LogP contribution is -2.33. The van der Waals surface area contributed by atoms with Gasteiger partial charge in [0.15, 0.2) is 0 Å². The van der Waals surface area contributed by atoms with Gasteiger partial charge in [0.1, 0.15) is 5.75 Å². The lowest BCUT2D eigenvalue weighted by molar-refractivity contribution is 0.139. The molecule has 0 aromatic heterocycles.